The summed E-state index contributed by atoms with van der Waals surface area (Å²) in [5, 5.41) is 3.01. The van der Waals surface area contributed by atoms with Crippen molar-refractivity contribution in [1.29, 1.82) is 0 Å². The van der Waals surface area contributed by atoms with E-state index in [-0.39, 0.29) is 11.8 Å². The molecule has 0 atom stereocenters. The van der Waals surface area contributed by atoms with E-state index in [9.17, 15) is 4.79 Å². The van der Waals surface area contributed by atoms with Crippen molar-refractivity contribution in [2.24, 2.45) is 5.92 Å². The molecule has 1 fully saturated rings. The number of carbonyl (C=O) groups excluding carboxylic acids is 1. The summed E-state index contributed by atoms with van der Waals surface area (Å²) in [6, 6.07) is 4.07. The molecule has 1 aliphatic carbocycles. The van der Waals surface area contributed by atoms with Crippen molar-refractivity contribution in [3.63, 3.8) is 0 Å². The Morgan fingerprint density at radius 2 is 2.00 bits per heavy atom. The first-order valence-electron chi connectivity index (χ1n) is 5.65. The first-order chi connectivity index (χ1) is 7.58. The fourth-order valence-electron chi connectivity index (χ4n) is 1.87. The van der Waals surface area contributed by atoms with Gasteiger partial charge in [0.15, 0.2) is 0 Å². The number of hydrogen-bond donors (Lipinski definition) is 1. The zero-order valence-electron chi connectivity index (χ0n) is 9.64. The van der Waals surface area contributed by atoms with Crippen LogP contribution in [0.25, 0.3) is 0 Å². The van der Waals surface area contributed by atoms with Crippen LogP contribution in [0.5, 0.6) is 0 Å². The maximum Gasteiger partial charge on any atom is 0.227 e. The van der Waals surface area contributed by atoms with Crippen molar-refractivity contribution in [2.75, 3.05) is 5.32 Å². The third-order valence-electron chi connectivity index (χ3n) is 3.24. The topological polar surface area (TPSA) is 29.1 Å². The summed E-state index contributed by atoms with van der Waals surface area (Å²) in [6.45, 7) is 4.07. The Balaban J connectivity index is 2.14. The zero-order valence-corrected chi connectivity index (χ0v) is 11.2. The highest BCUT2D eigenvalue weighted by Gasteiger charge is 2.25. The monoisotopic (exact) mass is 281 g/mol. The van der Waals surface area contributed by atoms with Crippen LogP contribution in [0, 0.1) is 19.8 Å². The Morgan fingerprint density at radius 3 is 2.56 bits per heavy atom. The number of carbonyl (C=O) groups is 1. The summed E-state index contributed by atoms with van der Waals surface area (Å²) in [7, 11) is 0. The van der Waals surface area contributed by atoms with Crippen molar-refractivity contribution in [3.8, 4) is 0 Å². The highest BCUT2D eigenvalue weighted by Crippen LogP contribution is 2.29. The number of nitrogens with one attached hydrogen (secondary N) is 1. The minimum atomic E-state index is 0.171. The van der Waals surface area contributed by atoms with Crippen LogP contribution in [-0.4, -0.2) is 5.91 Å². The second-order valence-electron chi connectivity index (χ2n) is 4.53. The van der Waals surface area contributed by atoms with E-state index in [1.54, 1.807) is 0 Å². The molecule has 1 amide bonds. The predicted octanol–water partition coefficient (Wildman–Crippen LogP) is 3.80. The molecule has 2 rings (SSSR count). The van der Waals surface area contributed by atoms with Gasteiger partial charge in [-0.05, 0) is 43.9 Å². The summed E-state index contributed by atoms with van der Waals surface area (Å²) in [4.78, 5) is 11.8. The van der Waals surface area contributed by atoms with Gasteiger partial charge in [0.05, 0.1) is 0 Å². The minimum Gasteiger partial charge on any atom is -0.326 e. The lowest BCUT2D eigenvalue weighted by atomic mass is 9.85. The van der Waals surface area contributed by atoms with Crippen molar-refractivity contribution < 1.29 is 4.79 Å². The Kier molecular flexibility index (Phi) is 3.33. The summed E-state index contributed by atoms with van der Waals surface area (Å²) in [5.41, 5.74) is 3.24. The van der Waals surface area contributed by atoms with Crippen molar-refractivity contribution in [2.45, 2.75) is 33.1 Å². The van der Waals surface area contributed by atoms with Gasteiger partial charge < -0.3 is 5.32 Å². The molecule has 0 heterocycles. The van der Waals surface area contributed by atoms with Crippen LogP contribution in [0.3, 0.4) is 0 Å². The fraction of sp³-hybridized carbons (Fsp3) is 0.462. The summed E-state index contributed by atoms with van der Waals surface area (Å²) >= 11 is 3.49. The number of aryl methyl sites for hydroxylation is 2. The molecule has 0 radical (unpaired) electrons. The van der Waals surface area contributed by atoms with Crippen LogP contribution >= 0.6 is 15.9 Å². The molecule has 0 aliphatic heterocycles. The highest BCUT2D eigenvalue weighted by molar-refractivity contribution is 9.10. The number of amides is 1. The normalized spacial score (nSPS) is 15.7. The molecule has 0 spiro atoms. The lowest BCUT2D eigenvalue weighted by molar-refractivity contribution is -0.122. The molecule has 1 saturated carbocycles. The van der Waals surface area contributed by atoms with Gasteiger partial charge in [0.1, 0.15) is 0 Å². The molecule has 0 bridgehead atoms. The van der Waals surface area contributed by atoms with Crippen molar-refractivity contribution >= 4 is 27.5 Å². The van der Waals surface area contributed by atoms with E-state index in [1.807, 2.05) is 13.0 Å². The molecule has 1 aromatic rings. The molecule has 86 valence electrons. The zero-order chi connectivity index (χ0) is 11.7. The number of benzene rings is 1. The number of halogens is 1. The third kappa shape index (κ3) is 2.29. The van der Waals surface area contributed by atoms with Gasteiger partial charge in [0, 0.05) is 16.1 Å². The van der Waals surface area contributed by atoms with Crippen LogP contribution in [0.1, 0.15) is 30.4 Å². The fourth-order valence-corrected chi connectivity index (χ4v) is 2.21. The molecule has 1 N–H and O–H groups in total. The highest BCUT2D eigenvalue weighted by atomic mass is 79.9. The lowest BCUT2D eigenvalue weighted by Crippen LogP contribution is -2.28. The molecular formula is C13H16BrNO. The molecule has 16 heavy (non-hydrogen) atoms. The van der Waals surface area contributed by atoms with Gasteiger partial charge in [-0.25, -0.2) is 0 Å². The summed E-state index contributed by atoms with van der Waals surface area (Å²) < 4.78 is 1.04. The summed E-state index contributed by atoms with van der Waals surface area (Å²) in [5.74, 6) is 0.407. The van der Waals surface area contributed by atoms with Crippen molar-refractivity contribution in [1.82, 2.24) is 0 Å². The van der Waals surface area contributed by atoms with Crippen LogP contribution in [0.4, 0.5) is 5.69 Å². The van der Waals surface area contributed by atoms with Gasteiger partial charge >= 0.3 is 0 Å². The second-order valence-corrected chi connectivity index (χ2v) is 5.39. The average Bonchev–Trinajstić information content (AvgIpc) is 2.11. The Morgan fingerprint density at radius 1 is 1.31 bits per heavy atom. The van der Waals surface area contributed by atoms with Gasteiger partial charge in [0.2, 0.25) is 5.91 Å². The van der Waals surface area contributed by atoms with E-state index in [2.05, 4.69) is 34.2 Å². The molecule has 2 nitrogen and oxygen atoms in total. The van der Waals surface area contributed by atoms with Crippen LogP contribution in [0.2, 0.25) is 0 Å². The SMILES string of the molecule is Cc1cc(C)c(NC(=O)C2CCC2)cc1Br. The second kappa shape index (κ2) is 4.58. The lowest BCUT2D eigenvalue weighted by Gasteiger charge is -2.24. The first kappa shape index (κ1) is 11.6. The molecule has 0 aromatic heterocycles. The Labute approximate surface area is 105 Å². The molecule has 0 unspecified atom stereocenters. The van der Waals surface area contributed by atoms with Crippen LogP contribution in [0.15, 0.2) is 16.6 Å². The molecule has 1 aliphatic rings. The van der Waals surface area contributed by atoms with Gasteiger partial charge in [-0.15, -0.1) is 0 Å². The van der Waals surface area contributed by atoms with E-state index in [4.69, 9.17) is 0 Å². The standard InChI is InChI=1S/C13H16BrNO/c1-8-6-9(2)12(7-11(8)14)15-13(16)10-4-3-5-10/h6-7,10H,3-5H2,1-2H3,(H,15,16). The van der Waals surface area contributed by atoms with Crippen molar-refractivity contribution in [3.05, 3.63) is 27.7 Å². The van der Waals surface area contributed by atoms with E-state index in [0.29, 0.717) is 0 Å². The van der Waals surface area contributed by atoms with E-state index < -0.39 is 0 Å². The third-order valence-corrected chi connectivity index (χ3v) is 4.09. The molecule has 3 heteroatoms. The van der Waals surface area contributed by atoms with Crippen LogP contribution < -0.4 is 5.32 Å². The molecule has 0 saturated heterocycles. The Hall–Kier alpha value is -0.830. The van der Waals surface area contributed by atoms with E-state index in [0.717, 1.165) is 28.6 Å². The van der Waals surface area contributed by atoms with Gasteiger partial charge in [-0.1, -0.05) is 28.4 Å². The van der Waals surface area contributed by atoms with Gasteiger partial charge in [-0.2, -0.15) is 0 Å². The van der Waals surface area contributed by atoms with Gasteiger partial charge in [0.25, 0.3) is 0 Å². The maximum atomic E-state index is 11.8. The smallest absolute Gasteiger partial charge is 0.227 e. The largest absolute Gasteiger partial charge is 0.326 e. The quantitative estimate of drug-likeness (QED) is 0.878. The molecular weight excluding hydrogens is 266 g/mol. The van der Waals surface area contributed by atoms with Gasteiger partial charge in [-0.3, -0.25) is 4.79 Å². The number of anilines is 1. The predicted molar refractivity (Wildman–Crippen MR) is 69.6 cm³/mol. The average molecular weight is 282 g/mol. The Bertz CT molecular complexity index is 424. The minimum absolute atomic E-state index is 0.171. The molecule has 1 aromatic carbocycles. The van der Waals surface area contributed by atoms with E-state index in [1.165, 1.54) is 12.0 Å². The van der Waals surface area contributed by atoms with Crippen LogP contribution in [-0.2, 0) is 4.79 Å². The maximum absolute atomic E-state index is 11.8. The van der Waals surface area contributed by atoms with E-state index >= 15 is 0 Å². The summed E-state index contributed by atoms with van der Waals surface area (Å²) in [6.07, 6.45) is 3.27. The first-order valence-corrected chi connectivity index (χ1v) is 6.45. The number of hydrogen-bond acceptors (Lipinski definition) is 1. The number of rotatable bonds is 2.